The molecule has 6 heteroatoms. The monoisotopic (exact) mass is 301 g/mol. The summed E-state index contributed by atoms with van der Waals surface area (Å²) in [6.07, 6.45) is 8.79. The quantitative estimate of drug-likeness (QED) is 0.567. The number of nitrogens with zero attached hydrogens (tertiary/aromatic N) is 2. The Morgan fingerprint density at radius 2 is 1.82 bits per heavy atom. The zero-order chi connectivity index (χ0) is 15.6. The summed E-state index contributed by atoms with van der Waals surface area (Å²) in [5.74, 6) is 0.645. The summed E-state index contributed by atoms with van der Waals surface area (Å²) in [6, 6.07) is 5.38. The van der Waals surface area contributed by atoms with Crippen molar-refractivity contribution in [1.29, 1.82) is 0 Å². The predicted molar refractivity (Wildman–Crippen MR) is 81.4 cm³/mol. The number of hydrogen-bond donors (Lipinski definition) is 1. The number of pyridine rings is 1. The van der Waals surface area contributed by atoms with Gasteiger partial charge >= 0.3 is 0 Å². The van der Waals surface area contributed by atoms with Gasteiger partial charge in [0.1, 0.15) is 12.1 Å². The van der Waals surface area contributed by atoms with Crippen LogP contribution >= 0.6 is 0 Å². The largest absolute Gasteiger partial charge is 0.442 e. The van der Waals surface area contributed by atoms with Crippen molar-refractivity contribution in [3.05, 3.63) is 42.7 Å². The molecule has 0 aliphatic rings. The summed E-state index contributed by atoms with van der Waals surface area (Å²) in [6.45, 7) is 0. The number of carbonyl (C=O) groups is 2. The first-order chi connectivity index (χ1) is 10.8. The second kappa shape index (κ2) is 8.71. The lowest BCUT2D eigenvalue weighted by atomic mass is 10.1. The van der Waals surface area contributed by atoms with Crippen molar-refractivity contribution in [1.82, 2.24) is 9.97 Å². The maximum Gasteiger partial charge on any atom is 0.263 e. The van der Waals surface area contributed by atoms with Gasteiger partial charge < -0.3 is 9.73 Å². The molecule has 0 aliphatic carbocycles. The molecule has 0 aliphatic heterocycles. The molecule has 0 saturated heterocycles. The van der Waals surface area contributed by atoms with Gasteiger partial charge in [0.15, 0.2) is 0 Å². The molecule has 6 nitrogen and oxygen atoms in total. The van der Waals surface area contributed by atoms with E-state index >= 15 is 0 Å². The van der Waals surface area contributed by atoms with Crippen LogP contribution in [-0.2, 0) is 4.79 Å². The highest BCUT2D eigenvalue weighted by Crippen LogP contribution is 2.10. The SMILES string of the molecule is O=C(CCCCCCC(=O)c1ncco1)Nc1ccccn1. The smallest absolute Gasteiger partial charge is 0.263 e. The van der Waals surface area contributed by atoms with Gasteiger partial charge in [-0.2, -0.15) is 0 Å². The van der Waals surface area contributed by atoms with Crippen molar-refractivity contribution >= 4 is 17.5 Å². The lowest BCUT2D eigenvalue weighted by Crippen LogP contribution is -2.11. The number of carbonyl (C=O) groups excluding carboxylic acids is 2. The molecule has 0 saturated carbocycles. The van der Waals surface area contributed by atoms with E-state index in [2.05, 4.69) is 15.3 Å². The van der Waals surface area contributed by atoms with Crippen molar-refractivity contribution < 1.29 is 14.0 Å². The van der Waals surface area contributed by atoms with Gasteiger partial charge in [-0.25, -0.2) is 9.97 Å². The molecule has 0 unspecified atom stereocenters. The Balaban J connectivity index is 1.52. The zero-order valence-corrected chi connectivity index (χ0v) is 12.3. The second-order valence-electron chi connectivity index (χ2n) is 4.94. The lowest BCUT2D eigenvalue weighted by molar-refractivity contribution is -0.116. The van der Waals surface area contributed by atoms with Crippen LogP contribution < -0.4 is 5.32 Å². The third kappa shape index (κ3) is 5.47. The minimum absolute atomic E-state index is 0.0328. The molecule has 22 heavy (non-hydrogen) atoms. The van der Waals surface area contributed by atoms with Gasteiger partial charge in [0.05, 0.1) is 6.20 Å². The van der Waals surface area contributed by atoms with E-state index in [-0.39, 0.29) is 17.6 Å². The molecular formula is C16H19N3O3. The van der Waals surface area contributed by atoms with E-state index in [1.54, 1.807) is 18.3 Å². The standard InChI is InChI=1S/C16H19N3O3/c20-13(16-18-11-12-22-16)7-3-1-2-4-9-15(21)19-14-8-5-6-10-17-14/h5-6,8,10-12H,1-4,7,9H2,(H,17,19,21). The summed E-state index contributed by atoms with van der Waals surface area (Å²) < 4.78 is 4.94. The van der Waals surface area contributed by atoms with E-state index in [9.17, 15) is 9.59 Å². The second-order valence-corrected chi connectivity index (χ2v) is 4.94. The summed E-state index contributed by atoms with van der Waals surface area (Å²) in [5, 5.41) is 2.74. The van der Waals surface area contributed by atoms with Crippen LogP contribution in [0.25, 0.3) is 0 Å². The molecule has 0 bridgehead atoms. The van der Waals surface area contributed by atoms with Crippen LogP contribution in [0.4, 0.5) is 5.82 Å². The Morgan fingerprint density at radius 3 is 2.50 bits per heavy atom. The van der Waals surface area contributed by atoms with Crippen molar-refractivity contribution in [2.24, 2.45) is 0 Å². The molecule has 2 heterocycles. The fourth-order valence-corrected chi connectivity index (χ4v) is 2.03. The first-order valence-electron chi connectivity index (χ1n) is 7.39. The zero-order valence-electron chi connectivity index (χ0n) is 12.3. The molecule has 0 atom stereocenters. The first-order valence-corrected chi connectivity index (χ1v) is 7.39. The molecule has 0 fully saturated rings. The van der Waals surface area contributed by atoms with E-state index in [0.29, 0.717) is 18.7 Å². The highest BCUT2D eigenvalue weighted by atomic mass is 16.3. The molecular weight excluding hydrogens is 282 g/mol. The first kappa shape index (κ1) is 15.9. The molecule has 1 amide bonds. The summed E-state index contributed by atoms with van der Waals surface area (Å²) >= 11 is 0. The average Bonchev–Trinajstić information content (AvgIpc) is 3.06. The minimum Gasteiger partial charge on any atom is -0.442 e. The third-order valence-electron chi connectivity index (χ3n) is 3.16. The Labute approximate surface area is 129 Å². The van der Waals surface area contributed by atoms with Crippen LogP contribution in [0.15, 0.2) is 41.3 Å². The molecule has 2 aromatic heterocycles. The highest BCUT2D eigenvalue weighted by molar-refractivity contribution is 5.91. The average molecular weight is 301 g/mol. The summed E-state index contributed by atoms with van der Waals surface area (Å²) in [4.78, 5) is 31.2. The Morgan fingerprint density at radius 1 is 1.00 bits per heavy atom. The number of nitrogens with one attached hydrogen (secondary N) is 1. The maximum atomic E-state index is 11.7. The number of amides is 1. The number of rotatable bonds is 9. The van der Waals surface area contributed by atoms with Gasteiger partial charge in [0, 0.05) is 19.0 Å². The number of hydrogen-bond acceptors (Lipinski definition) is 5. The van der Waals surface area contributed by atoms with E-state index in [0.717, 1.165) is 25.7 Å². The number of anilines is 1. The van der Waals surface area contributed by atoms with Crippen LogP contribution in [0.5, 0.6) is 0 Å². The Kier molecular flexibility index (Phi) is 6.29. The van der Waals surface area contributed by atoms with Crippen LogP contribution in [0.2, 0.25) is 0 Å². The fourth-order valence-electron chi connectivity index (χ4n) is 2.03. The number of oxazole rings is 1. The molecule has 0 spiro atoms. The summed E-state index contributed by atoms with van der Waals surface area (Å²) in [5.41, 5.74) is 0. The number of Topliss-reactive ketones (excluding diaryl/α,β-unsaturated/α-hetero) is 1. The van der Waals surface area contributed by atoms with E-state index < -0.39 is 0 Å². The Hall–Kier alpha value is -2.50. The number of aromatic nitrogens is 2. The highest BCUT2D eigenvalue weighted by Gasteiger charge is 2.09. The van der Waals surface area contributed by atoms with E-state index in [1.807, 2.05) is 6.07 Å². The molecule has 0 radical (unpaired) electrons. The minimum atomic E-state index is -0.0714. The van der Waals surface area contributed by atoms with Gasteiger partial charge in [-0.15, -0.1) is 0 Å². The van der Waals surface area contributed by atoms with Crippen molar-refractivity contribution in [3.8, 4) is 0 Å². The van der Waals surface area contributed by atoms with Gasteiger partial charge in [-0.1, -0.05) is 18.9 Å². The third-order valence-corrected chi connectivity index (χ3v) is 3.16. The molecule has 1 N–H and O–H groups in total. The van der Waals surface area contributed by atoms with E-state index in [1.165, 1.54) is 12.5 Å². The maximum absolute atomic E-state index is 11.7. The van der Waals surface area contributed by atoms with Crippen LogP contribution in [0.3, 0.4) is 0 Å². The molecule has 2 rings (SSSR count). The fraction of sp³-hybridized carbons (Fsp3) is 0.375. The Bertz CT molecular complexity index is 582. The molecule has 0 aromatic carbocycles. The van der Waals surface area contributed by atoms with E-state index in [4.69, 9.17) is 4.42 Å². The molecule has 116 valence electrons. The lowest BCUT2D eigenvalue weighted by Gasteiger charge is -2.03. The van der Waals surface area contributed by atoms with Crippen molar-refractivity contribution in [2.75, 3.05) is 5.32 Å². The van der Waals surface area contributed by atoms with Gasteiger partial charge in [-0.3, -0.25) is 9.59 Å². The van der Waals surface area contributed by atoms with Crippen LogP contribution in [0, 0.1) is 0 Å². The summed E-state index contributed by atoms with van der Waals surface area (Å²) in [7, 11) is 0. The van der Waals surface area contributed by atoms with Gasteiger partial charge in [0.25, 0.3) is 5.89 Å². The van der Waals surface area contributed by atoms with Crippen molar-refractivity contribution in [2.45, 2.75) is 38.5 Å². The number of ketones is 1. The van der Waals surface area contributed by atoms with Crippen molar-refractivity contribution in [3.63, 3.8) is 0 Å². The molecule has 2 aromatic rings. The number of unbranched alkanes of at least 4 members (excludes halogenated alkanes) is 3. The predicted octanol–water partition coefficient (Wildman–Crippen LogP) is 3.23. The van der Waals surface area contributed by atoms with Gasteiger partial charge in [-0.05, 0) is 25.0 Å². The van der Waals surface area contributed by atoms with Crippen LogP contribution in [-0.4, -0.2) is 21.7 Å². The van der Waals surface area contributed by atoms with Crippen LogP contribution in [0.1, 0.15) is 49.2 Å². The normalized spacial score (nSPS) is 10.4. The van der Waals surface area contributed by atoms with Gasteiger partial charge in [0.2, 0.25) is 11.7 Å². The topological polar surface area (TPSA) is 85.1 Å².